The summed E-state index contributed by atoms with van der Waals surface area (Å²) in [7, 11) is 0. The van der Waals surface area contributed by atoms with Crippen LogP contribution in [0.25, 0.3) is 0 Å². The zero-order chi connectivity index (χ0) is 21.8. The maximum atomic E-state index is 12.9. The summed E-state index contributed by atoms with van der Waals surface area (Å²) in [6.45, 7) is 4.20. The van der Waals surface area contributed by atoms with Crippen LogP contribution in [0.3, 0.4) is 0 Å². The Morgan fingerprint density at radius 2 is 1.68 bits per heavy atom. The third-order valence-electron chi connectivity index (χ3n) is 5.58. The Morgan fingerprint density at radius 1 is 1.00 bits per heavy atom. The van der Waals surface area contributed by atoms with E-state index in [9.17, 15) is 13.2 Å². The number of rotatable bonds is 7. The number of nitrogens with zero attached hydrogens (tertiary/aromatic N) is 3. The van der Waals surface area contributed by atoms with E-state index >= 15 is 0 Å². The molecule has 0 bridgehead atoms. The summed E-state index contributed by atoms with van der Waals surface area (Å²) in [5.74, 6) is 1.01. The van der Waals surface area contributed by atoms with Gasteiger partial charge in [-0.1, -0.05) is 17.3 Å². The van der Waals surface area contributed by atoms with Crippen LogP contribution < -0.4 is 0 Å². The number of halogens is 3. The number of hydrogen-bond donors (Lipinski definition) is 0. The maximum absolute atomic E-state index is 12.9. The first kappa shape index (κ1) is 21.5. The molecule has 3 heterocycles. The Balaban J connectivity index is 1.54. The molecular weight excluding hydrogens is 407 g/mol. The van der Waals surface area contributed by atoms with Crippen molar-refractivity contribution in [3.63, 3.8) is 0 Å². The third kappa shape index (κ3) is 5.51. The van der Waals surface area contributed by atoms with Gasteiger partial charge >= 0.3 is 6.18 Å². The van der Waals surface area contributed by atoms with E-state index in [1.54, 1.807) is 24.5 Å². The highest BCUT2D eigenvalue weighted by atomic mass is 19.4. The van der Waals surface area contributed by atoms with Crippen molar-refractivity contribution < 1.29 is 22.4 Å². The standard InChI is InChI=1S/C23H24F3N3O2/c1-16-10-21(31-28-16)11-19-14-30-15-22(19)29(13-18-6-8-27-9-7-18)12-17-2-4-20(5-3-17)23(24,25)26/h2-10,19,22H,11-15H2,1H3/t19-,22-/m1/s1. The minimum absolute atomic E-state index is 0.0980. The van der Waals surface area contributed by atoms with E-state index in [0.29, 0.717) is 32.7 Å². The molecule has 0 unspecified atom stereocenters. The van der Waals surface area contributed by atoms with Gasteiger partial charge in [0, 0.05) is 49.9 Å². The fourth-order valence-corrected chi connectivity index (χ4v) is 4.00. The molecule has 0 radical (unpaired) electrons. The average Bonchev–Trinajstić information content (AvgIpc) is 3.37. The Morgan fingerprint density at radius 3 is 2.29 bits per heavy atom. The van der Waals surface area contributed by atoms with Crippen LogP contribution in [0.15, 0.2) is 59.4 Å². The first-order chi connectivity index (χ1) is 14.9. The molecule has 2 atom stereocenters. The molecule has 0 N–H and O–H groups in total. The van der Waals surface area contributed by atoms with E-state index in [1.165, 1.54) is 0 Å². The molecule has 8 heteroatoms. The molecule has 1 saturated heterocycles. The topological polar surface area (TPSA) is 51.4 Å². The van der Waals surface area contributed by atoms with Gasteiger partial charge < -0.3 is 9.26 Å². The second-order valence-electron chi connectivity index (χ2n) is 7.96. The van der Waals surface area contributed by atoms with Crippen molar-refractivity contribution in [1.82, 2.24) is 15.0 Å². The second-order valence-corrected chi connectivity index (χ2v) is 7.96. The van der Waals surface area contributed by atoms with Gasteiger partial charge in [0.15, 0.2) is 0 Å². The SMILES string of the molecule is Cc1cc(C[C@@H]2COC[C@H]2N(Cc2ccncc2)Cc2ccc(C(F)(F)F)cc2)on1. The molecule has 0 spiro atoms. The number of benzene rings is 1. The van der Waals surface area contributed by atoms with Crippen LogP contribution in [0.5, 0.6) is 0 Å². The van der Waals surface area contributed by atoms with Crippen LogP contribution >= 0.6 is 0 Å². The van der Waals surface area contributed by atoms with E-state index in [1.807, 2.05) is 25.1 Å². The number of aryl methyl sites for hydroxylation is 1. The summed E-state index contributed by atoms with van der Waals surface area (Å²) in [6, 6.07) is 11.3. The molecule has 1 aliphatic heterocycles. The second kappa shape index (κ2) is 9.20. The molecule has 164 valence electrons. The summed E-state index contributed by atoms with van der Waals surface area (Å²) in [5, 5.41) is 3.96. The maximum Gasteiger partial charge on any atom is 0.416 e. The zero-order valence-electron chi connectivity index (χ0n) is 17.2. The van der Waals surface area contributed by atoms with Crippen molar-refractivity contribution in [3.8, 4) is 0 Å². The Kier molecular flexibility index (Phi) is 6.38. The van der Waals surface area contributed by atoms with Crippen LogP contribution in [0.1, 0.15) is 28.1 Å². The Labute approximate surface area is 178 Å². The fourth-order valence-electron chi connectivity index (χ4n) is 4.00. The summed E-state index contributed by atoms with van der Waals surface area (Å²) < 4.78 is 50.0. The van der Waals surface area contributed by atoms with Crippen LogP contribution in [-0.4, -0.2) is 34.3 Å². The van der Waals surface area contributed by atoms with Crippen molar-refractivity contribution in [2.24, 2.45) is 5.92 Å². The molecule has 0 saturated carbocycles. The average molecular weight is 431 g/mol. The Hall–Kier alpha value is -2.71. The fraction of sp³-hybridized carbons (Fsp3) is 0.391. The minimum atomic E-state index is -4.34. The number of ether oxygens (including phenoxy) is 1. The predicted molar refractivity (Wildman–Crippen MR) is 108 cm³/mol. The molecule has 1 aliphatic rings. The van der Waals surface area contributed by atoms with Gasteiger partial charge in [-0.25, -0.2) is 0 Å². The summed E-state index contributed by atoms with van der Waals surface area (Å²) in [6.07, 6.45) is -0.155. The first-order valence-corrected chi connectivity index (χ1v) is 10.2. The van der Waals surface area contributed by atoms with Gasteiger partial charge in [0.1, 0.15) is 5.76 Å². The highest BCUT2D eigenvalue weighted by Gasteiger charge is 2.34. The third-order valence-corrected chi connectivity index (χ3v) is 5.58. The smallest absolute Gasteiger partial charge is 0.379 e. The Bertz CT molecular complexity index is 974. The van der Waals surface area contributed by atoms with Crippen LogP contribution in [-0.2, 0) is 30.4 Å². The van der Waals surface area contributed by atoms with Crippen LogP contribution in [0.2, 0.25) is 0 Å². The lowest BCUT2D eigenvalue weighted by atomic mass is 9.95. The van der Waals surface area contributed by atoms with Crippen molar-refractivity contribution in [2.75, 3.05) is 13.2 Å². The highest BCUT2D eigenvalue weighted by molar-refractivity contribution is 5.25. The van der Waals surface area contributed by atoms with E-state index in [0.717, 1.165) is 34.7 Å². The van der Waals surface area contributed by atoms with Crippen LogP contribution in [0.4, 0.5) is 13.2 Å². The van der Waals surface area contributed by atoms with Gasteiger partial charge in [-0.05, 0) is 42.3 Å². The van der Waals surface area contributed by atoms with E-state index in [4.69, 9.17) is 9.26 Å². The van der Waals surface area contributed by atoms with Crippen LogP contribution in [0, 0.1) is 12.8 Å². The molecule has 3 aromatic rings. The molecule has 5 nitrogen and oxygen atoms in total. The zero-order valence-corrected chi connectivity index (χ0v) is 17.2. The normalized spacial score (nSPS) is 19.3. The van der Waals surface area contributed by atoms with Crippen molar-refractivity contribution >= 4 is 0 Å². The van der Waals surface area contributed by atoms with Crippen molar-refractivity contribution in [1.29, 1.82) is 0 Å². The number of hydrogen-bond acceptors (Lipinski definition) is 5. The minimum Gasteiger partial charge on any atom is -0.379 e. The monoisotopic (exact) mass is 431 g/mol. The molecule has 0 aliphatic carbocycles. The molecule has 4 rings (SSSR count). The van der Waals surface area contributed by atoms with E-state index in [-0.39, 0.29) is 12.0 Å². The van der Waals surface area contributed by atoms with Crippen molar-refractivity contribution in [3.05, 3.63) is 83.0 Å². The van der Waals surface area contributed by atoms with Gasteiger partial charge in [-0.15, -0.1) is 0 Å². The predicted octanol–water partition coefficient (Wildman–Crippen LogP) is 4.66. The number of aromatic nitrogens is 2. The highest BCUT2D eigenvalue weighted by Crippen LogP contribution is 2.30. The lowest BCUT2D eigenvalue weighted by Crippen LogP contribution is -2.40. The lowest BCUT2D eigenvalue weighted by molar-refractivity contribution is -0.137. The van der Waals surface area contributed by atoms with Gasteiger partial charge in [-0.3, -0.25) is 9.88 Å². The summed E-state index contributed by atoms with van der Waals surface area (Å²) in [5.41, 5.74) is 2.11. The van der Waals surface area contributed by atoms with E-state index < -0.39 is 11.7 Å². The summed E-state index contributed by atoms with van der Waals surface area (Å²) in [4.78, 5) is 6.33. The molecule has 0 amide bonds. The number of alkyl halides is 3. The molecule has 1 aromatic carbocycles. The largest absolute Gasteiger partial charge is 0.416 e. The molecule has 31 heavy (non-hydrogen) atoms. The lowest BCUT2D eigenvalue weighted by Gasteiger charge is -2.32. The first-order valence-electron chi connectivity index (χ1n) is 10.2. The number of pyridine rings is 1. The quantitative estimate of drug-likeness (QED) is 0.545. The van der Waals surface area contributed by atoms with Crippen molar-refractivity contribution in [2.45, 2.75) is 38.7 Å². The molecule has 1 fully saturated rings. The van der Waals surface area contributed by atoms with Gasteiger partial charge in [-0.2, -0.15) is 13.2 Å². The molecule has 2 aromatic heterocycles. The summed E-state index contributed by atoms with van der Waals surface area (Å²) >= 11 is 0. The van der Waals surface area contributed by atoms with Gasteiger partial charge in [0.05, 0.1) is 24.5 Å². The van der Waals surface area contributed by atoms with E-state index in [2.05, 4.69) is 15.0 Å². The van der Waals surface area contributed by atoms with Gasteiger partial charge in [0.25, 0.3) is 0 Å². The van der Waals surface area contributed by atoms with Gasteiger partial charge in [0.2, 0.25) is 0 Å². The molecular formula is C23H24F3N3O2.